The van der Waals surface area contributed by atoms with E-state index < -0.39 is 0 Å². The molecule has 1 aliphatic rings. The van der Waals surface area contributed by atoms with E-state index in [4.69, 9.17) is 4.74 Å². The molecule has 0 N–H and O–H groups in total. The molecule has 1 atom stereocenters. The summed E-state index contributed by atoms with van der Waals surface area (Å²) in [7, 11) is 1.89. The molecule has 1 amide bonds. The number of carbonyl (C=O) groups is 1. The highest BCUT2D eigenvalue weighted by molar-refractivity contribution is 7.09. The van der Waals surface area contributed by atoms with Crippen LogP contribution >= 0.6 is 11.3 Å². The van der Waals surface area contributed by atoms with Crippen molar-refractivity contribution in [3.05, 3.63) is 16.1 Å². The highest BCUT2D eigenvalue weighted by Gasteiger charge is 2.19. The van der Waals surface area contributed by atoms with Crippen molar-refractivity contribution in [3.63, 3.8) is 0 Å². The second kappa shape index (κ2) is 7.01. The zero-order chi connectivity index (χ0) is 13.7. The van der Waals surface area contributed by atoms with E-state index in [1.54, 1.807) is 11.3 Å². The molecule has 1 fully saturated rings. The van der Waals surface area contributed by atoms with Gasteiger partial charge in [0, 0.05) is 44.5 Å². The molecule has 1 saturated heterocycles. The summed E-state index contributed by atoms with van der Waals surface area (Å²) in [6.07, 6.45) is 3.73. The van der Waals surface area contributed by atoms with Crippen molar-refractivity contribution in [2.45, 2.75) is 32.6 Å². The summed E-state index contributed by atoms with van der Waals surface area (Å²) >= 11 is 1.67. The van der Waals surface area contributed by atoms with Crippen molar-refractivity contribution in [3.8, 4) is 0 Å². The van der Waals surface area contributed by atoms with Crippen LogP contribution < -0.4 is 0 Å². The number of aromatic nitrogens is 1. The molecule has 2 heterocycles. The van der Waals surface area contributed by atoms with Crippen molar-refractivity contribution in [2.24, 2.45) is 5.92 Å². The van der Waals surface area contributed by atoms with Gasteiger partial charge in [-0.3, -0.25) is 4.79 Å². The SMILES string of the molecule is Cc1ncsc1CCN(C)C(=O)C[C@@H]1CCCOC1. The summed E-state index contributed by atoms with van der Waals surface area (Å²) in [5.74, 6) is 0.645. The van der Waals surface area contributed by atoms with Gasteiger partial charge in [-0.15, -0.1) is 11.3 Å². The van der Waals surface area contributed by atoms with E-state index in [1.165, 1.54) is 4.88 Å². The Hall–Kier alpha value is -0.940. The van der Waals surface area contributed by atoms with Gasteiger partial charge in [0.05, 0.1) is 11.2 Å². The van der Waals surface area contributed by atoms with E-state index in [1.807, 2.05) is 24.4 Å². The van der Waals surface area contributed by atoms with Crippen molar-refractivity contribution in [1.29, 1.82) is 0 Å². The van der Waals surface area contributed by atoms with Gasteiger partial charge in [-0.1, -0.05) is 0 Å². The Kier molecular flexibility index (Phi) is 5.34. The van der Waals surface area contributed by atoms with Crippen LogP contribution in [0.4, 0.5) is 0 Å². The van der Waals surface area contributed by atoms with E-state index in [-0.39, 0.29) is 5.91 Å². The van der Waals surface area contributed by atoms with Gasteiger partial charge in [-0.25, -0.2) is 4.98 Å². The quantitative estimate of drug-likeness (QED) is 0.832. The summed E-state index contributed by atoms with van der Waals surface area (Å²) in [6, 6.07) is 0. The monoisotopic (exact) mass is 282 g/mol. The molecule has 0 saturated carbocycles. The first kappa shape index (κ1) is 14.5. The number of aryl methyl sites for hydroxylation is 1. The van der Waals surface area contributed by atoms with Crippen molar-refractivity contribution in [2.75, 3.05) is 26.8 Å². The zero-order valence-electron chi connectivity index (χ0n) is 11.7. The van der Waals surface area contributed by atoms with Gasteiger partial charge >= 0.3 is 0 Å². The molecule has 4 nitrogen and oxygen atoms in total. The van der Waals surface area contributed by atoms with E-state index in [0.29, 0.717) is 12.3 Å². The molecule has 0 unspecified atom stereocenters. The lowest BCUT2D eigenvalue weighted by molar-refractivity contribution is -0.131. The Labute approximate surface area is 118 Å². The number of hydrogen-bond donors (Lipinski definition) is 0. The minimum atomic E-state index is 0.234. The third kappa shape index (κ3) is 4.28. The number of nitrogens with zero attached hydrogens (tertiary/aromatic N) is 2. The summed E-state index contributed by atoms with van der Waals surface area (Å²) in [6.45, 7) is 4.39. The summed E-state index contributed by atoms with van der Waals surface area (Å²) in [5, 5.41) is 0. The molecule has 1 aliphatic heterocycles. The van der Waals surface area contributed by atoms with Gasteiger partial charge < -0.3 is 9.64 Å². The van der Waals surface area contributed by atoms with E-state index in [0.717, 1.165) is 44.7 Å². The molecule has 106 valence electrons. The van der Waals surface area contributed by atoms with Crippen LogP contribution in [0.5, 0.6) is 0 Å². The van der Waals surface area contributed by atoms with E-state index in [2.05, 4.69) is 4.98 Å². The fourth-order valence-electron chi connectivity index (χ4n) is 2.33. The van der Waals surface area contributed by atoms with E-state index >= 15 is 0 Å². The number of carbonyl (C=O) groups excluding carboxylic acids is 1. The van der Waals surface area contributed by atoms with Crippen LogP contribution in [0, 0.1) is 12.8 Å². The Morgan fingerprint density at radius 3 is 3.11 bits per heavy atom. The van der Waals surface area contributed by atoms with Gasteiger partial charge in [0.2, 0.25) is 5.91 Å². The van der Waals surface area contributed by atoms with Crippen molar-refractivity contribution in [1.82, 2.24) is 9.88 Å². The molecule has 0 aliphatic carbocycles. The standard InChI is InChI=1S/C14H22N2O2S/c1-11-13(19-10-15-11)5-6-16(2)14(17)8-12-4-3-7-18-9-12/h10,12H,3-9H2,1-2H3/t12-/m0/s1. The molecule has 2 rings (SSSR count). The Morgan fingerprint density at radius 1 is 1.63 bits per heavy atom. The first-order valence-corrected chi connectivity index (χ1v) is 7.75. The summed E-state index contributed by atoms with van der Waals surface area (Å²) in [4.78, 5) is 19.5. The first-order valence-electron chi connectivity index (χ1n) is 6.87. The highest BCUT2D eigenvalue weighted by Crippen LogP contribution is 2.18. The maximum absolute atomic E-state index is 12.1. The average molecular weight is 282 g/mol. The largest absolute Gasteiger partial charge is 0.381 e. The Bertz CT molecular complexity index is 413. The van der Waals surface area contributed by atoms with Crippen LogP contribution in [-0.2, 0) is 16.0 Å². The van der Waals surface area contributed by atoms with Crippen molar-refractivity contribution < 1.29 is 9.53 Å². The molecule has 19 heavy (non-hydrogen) atoms. The lowest BCUT2D eigenvalue weighted by atomic mass is 9.98. The van der Waals surface area contributed by atoms with E-state index in [9.17, 15) is 4.79 Å². The predicted octanol–water partition coefficient (Wildman–Crippen LogP) is 2.27. The third-order valence-electron chi connectivity index (χ3n) is 3.66. The summed E-state index contributed by atoms with van der Waals surface area (Å²) in [5.41, 5.74) is 2.96. The number of ether oxygens (including phenoxy) is 1. The number of hydrogen-bond acceptors (Lipinski definition) is 4. The number of rotatable bonds is 5. The number of likely N-dealkylation sites (N-methyl/N-ethyl adjacent to an activating group) is 1. The van der Waals surface area contributed by atoms with Crippen molar-refractivity contribution >= 4 is 17.2 Å². The number of thiazole rings is 1. The highest BCUT2D eigenvalue weighted by atomic mass is 32.1. The molecule has 0 aromatic carbocycles. The van der Waals surface area contributed by atoms with Crippen LogP contribution in [0.2, 0.25) is 0 Å². The fourth-order valence-corrected chi connectivity index (χ4v) is 3.10. The number of amides is 1. The molecule has 1 aromatic heterocycles. The Morgan fingerprint density at radius 2 is 2.47 bits per heavy atom. The van der Waals surface area contributed by atoms with Gasteiger partial charge in [0.25, 0.3) is 0 Å². The van der Waals surface area contributed by atoms with Gasteiger partial charge in [-0.05, 0) is 25.7 Å². The van der Waals surface area contributed by atoms with Gasteiger partial charge in [0.15, 0.2) is 0 Å². The fraction of sp³-hybridized carbons (Fsp3) is 0.714. The summed E-state index contributed by atoms with van der Waals surface area (Å²) < 4.78 is 5.42. The molecule has 0 radical (unpaired) electrons. The first-order chi connectivity index (χ1) is 9.16. The topological polar surface area (TPSA) is 42.4 Å². The third-order valence-corrected chi connectivity index (χ3v) is 4.66. The molecule has 0 bridgehead atoms. The lowest BCUT2D eigenvalue weighted by Gasteiger charge is -2.24. The molecule has 0 spiro atoms. The zero-order valence-corrected chi connectivity index (χ0v) is 12.5. The van der Waals surface area contributed by atoms with Gasteiger partial charge in [0.1, 0.15) is 0 Å². The van der Waals surface area contributed by atoms with Crippen LogP contribution in [0.3, 0.4) is 0 Å². The van der Waals surface area contributed by atoms with Crippen LogP contribution in [-0.4, -0.2) is 42.6 Å². The lowest BCUT2D eigenvalue weighted by Crippen LogP contribution is -2.32. The van der Waals surface area contributed by atoms with Gasteiger partial charge in [-0.2, -0.15) is 0 Å². The molecule has 1 aromatic rings. The van der Waals surface area contributed by atoms with Crippen LogP contribution in [0.25, 0.3) is 0 Å². The minimum absolute atomic E-state index is 0.234. The molecular weight excluding hydrogens is 260 g/mol. The second-order valence-corrected chi connectivity index (χ2v) is 6.15. The predicted molar refractivity (Wildman–Crippen MR) is 76.4 cm³/mol. The smallest absolute Gasteiger partial charge is 0.222 e. The Balaban J connectivity index is 1.74. The second-order valence-electron chi connectivity index (χ2n) is 5.21. The minimum Gasteiger partial charge on any atom is -0.381 e. The maximum Gasteiger partial charge on any atom is 0.222 e. The molecular formula is C14H22N2O2S. The average Bonchev–Trinajstić information content (AvgIpc) is 2.82. The normalized spacial score (nSPS) is 19.4. The molecule has 5 heteroatoms. The maximum atomic E-state index is 12.1. The van der Waals surface area contributed by atoms with Crippen LogP contribution in [0.15, 0.2) is 5.51 Å². The van der Waals surface area contributed by atoms with Crippen LogP contribution in [0.1, 0.15) is 29.8 Å².